The van der Waals surface area contributed by atoms with Crippen LogP contribution in [-0.4, -0.2) is 23.3 Å². The van der Waals surface area contributed by atoms with Crippen molar-refractivity contribution in [2.45, 2.75) is 0 Å². The number of carbonyl (C=O) groups is 2. The van der Waals surface area contributed by atoms with Gasteiger partial charge in [0.2, 0.25) is 0 Å². The summed E-state index contributed by atoms with van der Waals surface area (Å²) in [6.45, 7) is 0.158. The third-order valence-corrected chi connectivity index (χ3v) is 2.66. The molecule has 2 aromatic rings. The van der Waals surface area contributed by atoms with Crippen molar-refractivity contribution in [1.82, 2.24) is 10.3 Å². The number of aromatic nitrogens is 1. The van der Waals surface area contributed by atoms with Gasteiger partial charge in [-0.15, -0.1) is 6.42 Å². The number of rotatable bonds is 4. The summed E-state index contributed by atoms with van der Waals surface area (Å²) in [6, 6.07) is 9.95. The molecule has 5 nitrogen and oxygen atoms in total. The highest BCUT2D eigenvalue weighted by Crippen LogP contribution is 2.12. The number of hydrogen-bond acceptors (Lipinski definition) is 3. The molecule has 0 saturated heterocycles. The van der Waals surface area contributed by atoms with Gasteiger partial charge in [-0.2, -0.15) is 0 Å². The zero-order chi connectivity index (χ0) is 15.1. The molecule has 21 heavy (non-hydrogen) atoms. The largest absolute Gasteiger partial charge is 0.341 e. The normalized spacial score (nSPS) is 9.48. The van der Waals surface area contributed by atoms with Gasteiger partial charge in [-0.05, 0) is 30.3 Å². The van der Waals surface area contributed by atoms with Crippen LogP contribution in [0.25, 0.3) is 0 Å². The van der Waals surface area contributed by atoms with Crippen molar-refractivity contribution in [1.29, 1.82) is 0 Å². The lowest BCUT2D eigenvalue weighted by Crippen LogP contribution is -2.23. The van der Waals surface area contributed by atoms with Crippen LogP contribution in [0, 0.1) is 12.3 Å². The molecule has 0 radical (unpaired) electrons. The summed E-state index contributed by atoms with van der Waals surface area (Å²) >= 11 is 0. The van der Waals surface area contributed by atoms with E-state index < -0.39 is 0 Å². The molecule has 0 spiro atoms. The Labute approximate surface area is 122 Å². The maximum absolute atomic E-state index is 12.0. The van der Waals surface area contributed by atoms with E-state index in [0.29, 0.717) is 16.8 Å². The number of nitrogens with zero attached hydrogens (tertiary/aromatic N) is 1. The van der Waals surface area contributed by atoms with E-state index in [1.54, 1.807) is 42.6 Å². The summed E-state index contributed by atoms with van der Waals surface area (Å²) in [5.74, 6) is 1.75. The molecule has 0 atom stereocenters. The van der Waals surface area contributed by atoms with Gasteiger partial charge in [-0.25, -0.2) is 0 Å². The predicted molar refractivity (Wildman–Crippen MR) is 79.8 cm³/mol. The Morgan fingerprint density at radius 2 is 1.95 bits per heavy atom. The van der Waals surface area contributed by atoms with Gasteiger partial charge >= 0.3 is 0 Å². The summed E-state index contributed by atoms with van der Waals surface area (Å²) in [7, 11) is 0. The number of benzene rings is 1. The molecule has 0 aliphatic carbocycles. The lowest BCUT2D eigenvalue weighted by Gasteiger charge is -2.07. The third kappa shape index (κ3) is 3.91. The molecule has 1 heterocycles. The van der Waals surface area contributed by atoms with Gasteiger partial charge in [0, 0.05) is 23.6 Å². The number of pyridine rings is 1. The molecule has 0 saturated carbocycles. The Bertz CT molecular complexity index is 690. The van der Waals surface area contributed by atoms with Gasteiger partial charge in [-0.3, -0.25) is 14.6 Å². The van der Waals surface area contributed by atoms with Gasteiger partial charge in [0.25, 0.3) is 11.8 Å². The standard InChI is InChI=1S/C16H13N3O2/c1-2-8-18-15(20)12-5-3-7-14(10-12)19-16(21)13-6-4-9-17-11-13/h1,3-7,9-11H,8H2,(H,18,20)(H,19,21). The summed E-state index contributed by atoms with van der Waals surface area (Å²) in [4.78, 5) is 27.7. The SMILES string of the molecule is C#CCNC(=O)c1cccc(NC(=O)c2cccnc2)c1. The van der Waals surface area contributed by atoms with Crippen LogP contribution >= 0.6 is 0 Å². The predicted octanol–water partition coefficient (Wildman–Crippen LogP) is 1.70. The average molecular weight is 279 g/mol. The van der Waals surface area contributed by atoms with E-state index in [-0.39, 0.29) is 18.4 Å². The maximum atomic E-state index is 12.0. The van der Waals surface area contributed by atoms with E-state index in [9.17, 15) is 9.59 Å². The van der Waals surface area contributed by atoms with E-state index in [0.717, 1.165) is 0 Å². The molecular weight excluding hydrogens is 266 g/mol. The highest BCUT2D eigenvalue weighted by molar-refractivity contribution is 6.04. The minimum atomic E-state index is -0.288. The monoisotopic (exact) mass is 279 g/mol. The van der Waals surface area contributed by atoms with Crippen LogP contribution in [0.4, 0.5) is 5.69 Å². The van der Waals surface area contributed by atoms with E-state index in [1.807, 2.05) is 0 Å². The van der Waals surface area contributed by atoms with Crippen LogP contribution in [0.15, 0.2) is 48.8 Å². The van der Waals surface area contributed by atoms with Gasteiger partial charge in [0.05, 0.1) is 12.1 Å². The second-order valence-electron chi connectivity index (χ2n) is 4.16. The number of hydrogen-bond donors (Lipinski definition) is 2. The molecule has 1 aromatic heterocycles. The summed E-state index contributed by atoms with van der Waals surface area (Å²) in [5, 5.41) is 5.27. The first kappa shape index (κ1) is 14.3. The molecule has 0 bridgehead atoms. The van der Waals surface area contributed by atoms with E-state index in [4.69, 9.17) is 6.42 Å². The zero-order valence-corrected chi connectivity index (χ0v) is 11.2. The lowest BCUT2D eigenvalue weighted by molar-refractivity contribution is 0.0957. The topological polar surface area (TPSA) is 71.1 Å². The van der Waals surface area contributed by atoms with Crippen molar-refractivity contribution in [3.05, 3.63) is 59.9 Å². The Morgan fingerprint density at radius 3 is 2.67 bits per heavy atom. The molecule has 0 fully saturated rings. The van der Waals surface area contributed by atoms with Crippen LogP contribution in [0.5, 0.6) is 0 Å². The molecule has 2 rings (SSSR count). The molecule has 1 aromatic carbocycles. The third-order valence-electron chi connectivity index (χ3n) is 2.66. The van der Waals surface area contributed by atoms with E-state index in [1.165, 1.54) is 6.20 Å². The highest BCUT2D eigenvalue weighted by Gasteiger charge is 2.08. The molecular formula is C16H13N3O2. The van der Waals surface area contributed by atoms with Crippen molar-refractivity contribution >= 4 is 17.5 Å². The molecule has 0 unspecified atom stereocenters. The van der Waals surface area contributed by atoms with Gasteiger partial charge in [0.1, 0.15) is 0 Å². The fraction of sp³-hybridized carbons (Fsp3) is 0.0625. The van der Waals surface area contributed by atoms with E-state index in [2.05, 4.69) is 21.5 Å². The van der Waals surface area contributed by atoms with Crippen LogP contribution in [-0.2, 0) is 0 Å². The molecule has 5 heteroatoms. The Balaban J connectivity index is 2.10. The minimum absolute atomic E-state index is 0.158. The van der Waals surface area contributed by atoms with E-state index >= 15 is 0 Å². The quantitative estimate of drug-likeness (QED) is 0.837. The van der Waals surface area contributed by atoms with Crippen molar-refractivity contribution in [2.75, 3.05) is 11.9 Å². The summed E-state index contributed by atoms with van der Waals surface area (Å²) < 4.78 is 0. The molecule has 2 amide bonds. The Kier molecular flexibility index (Phi) is 4.67. The molecule has 2 N–H and O–H groups in total. The van der Waals surface area contributed by atoms with Crippen LogP contribution in [0.1, 0.15) is 20.7 Å². The maximum Gasteiger partial charge on any atom is 0.257 e. The fourth-order valence-corrected chi connectivity index (χ4v) is 1.67. The first-order chi connectivity index (χ1) is 10.2. The van der Waals surface area contributed by atoms with Gasteiger partial charge in [0.15, 0.2) is 0 Å². The first-order valence-electron chi connectivity index (χ1n) is 6.24. The summed E-state index contributed by atoms with van der Waals surface area (Å²) in [6.07, 6.45) is 8.15. The first-order valence-corrected chi connectivity index (χ1v) is 6.24. The van der Waals surface area contributed by atoms with Gasteiger partial charge < -0.3 is 10.6 Å². The second-order valence-corrected chi connectivity index (χ2v) is 4.16. The smallest absolute Gasteiger partial charge is 0.257 e. The van der Waals surface area contributed by atoms with Crippen LogP contribution < -0.4 is 10.6 Å². The highest BCUT2D eigenvalue weighted by atomic mass is 16.2. The van der Waals surface area contributed by atoms with Crippen molar-refractivity contribution in [2.24, 2.45) is 0 Å². The average Bonchev–Trinajstić information content (AvgIpc) is 2.53. The van der Waals surface area contributed by atoms with Crippen molar-refractivity contribution in [3.63, 3.8) is 0 Å². The van der Waals surface area contributed by atoms with Crippen molar-refractivity contribution in [3.8, 4) is 12.3 Å². The molecule has 104 valence electrons. The number of anilines is 1. The van der Waals surface area contributed by atoms with Crippen LogP contribution in [0.2, 0.25) is 0 Å². The Hall–Kier alpha value is -3.13. The number of terminal acetylenes is 1. The van der Waals surface area contributed by atoms with Crippen molar-refractivity contribution < 1.29 is 9.59 Å². The zero-order valence-electron chi connectivity index (χ0n) is 11.2. The fourth-order valence-electron chi connectivity index (χ4n) is 1.67. The number of nitrogens with one attached hydrogen (secondary N) is 2. The summed E-state index contributed by atoms with van der Waals surface area (Å²) in [5.41, 5.74) is 1.39. The minimum Gasteiger partial charge on any atom is -0.341 e. The molecule has 0 aliphatic heterocycles. The van der Waals surface area contributed by atoms with Crippen LogP contribution in [0.3, 0.4) is 0 Å². The number of carbonyl (C=O) groups excluding carboxylic acids is 2. The Morgan fingerprint density at radius 1 is 1.14 bits per heavy atom. The second kappa shape index (κ2) is 6.87. The lowest BCUT2D eigenvalue weighted by atomic mass is 10.1. The number of amides is 2. The van der Waals surface area contributed by atoms with Gasteiger partial charge in [-0.1, -0.05) is 12.0 Å². The molecule has 0 aliphatic rings.